The Morgan fingerprint density at radius 1 is 1.22 bits per heavy atom. The number of hydrogen-bond donors (Lipinski definition) is 0. The largest absolute Gasteiger partial charge is 0.452 e. The lowest BCUT2D eigenvalue weighted by Crippen LogP contribution is -2.00. The van der Waals surface area contributed by atoms with E-state index in [0.717, 1.165) is 14.2 Å². The van der Waals surface area contributed by atoms with Crippen LogP contribution in [0.2, 0.25) is 0 Å². The van der Waals surface area contributed by atoms with Gasteiger partial charge in [-0.05, 0) is 46.3 Å². The quantitative estimate of drug-likeness (QED) is 0.479. The molecule has 116 valence electrons. The highest BCUT2D eigenvalue weighted by molar-refractivity contribution is 9.11. The molecule has 0 amide bonds. The zero-order chi connectivity index (χ0) is 16.1. The molecular weight excluding hydrogens is 380 g/mol. The van der Waals surface area contributed by atoms with Crippen LogP contribution < -0.4 is 0 Å². The molecule has 0 fully saturated rings. The molecule has 1 aromatic carbocycles. The highest BCUT2D eigenvalue weighted by Crippen LogP contribution is 2.23. The van der Waals surface area contributed by atoms with E-state index in [-0.39, 0.29) is 12.5 Å². The Morgan fingerprint density at radius 2 is 2.04 bits per heavy atom. The fourth-order valence-corrected chi connectivity index (χ4v) is 3.08. The molecule has 3 rings (SSSR count). The number of esters is 1. The fraction of sp³-hybridized carbons (Fsp3) is 0.0625. The van der Waals surface area contributed by atoms with Crippen molar-refractivity contribution in [1.29, 1.82) is 0 Å². The van der Waals surface area contributed by atoms with Crippen LogP contribution in [-0.4, -0.2) is 16.2 Å². The second kappa shape index (κ2) is 7.34. The van der Waals surface area contributed by atoms with Gasteiger partial charge in [0.05, 0.1) is 3.79 Å². The van der Waals surface area contributed by atoms with Crippen LogP contribution in [0.15, 0.2) is 56.7 Å². The molecule has 0 aliphatic heterocycles. The molecule has 0 N–H and O–H groups in total. The number of carbonyl (C=O) groups excluding carboxylic acids is 1. The van der Waals surface area contributed by atoms with Gasteiger partial charge in [0.1, 0.15) is 0 Å². The lowest BCUT2D eigenvalue weighted by atomic mass is 10.2. The predicted octanol–water partition coefficient (Wildman–Crippen LogP) is 4.32. The van der Waals surface area contributed by atoms with Crippen molar-refractivity contribution in [2.45, 2.75) is 6.61 Å². The van der Waals surface area contributed by atoms with E-state index in [1.165, 1.54) is 17.4 Å². The molecule has 5 nitrogen and oxygen atoms in total. The van der Waals surface area contributed by atoms with Crippen molar-refractivity contribution in [2.24, 2.45) is 0 Å². The summed E-state index contributed by atoms with van der Waals surface area (Å²) in [6.07, 6.45) is 3.06. The molecule has 0 saturated heterocycles. The van der Waals surface area contributed by atoms with Crippen molar-refractivity contribution >= 4 is 39.3 Å². The molecule has 0 bridgehead atoms. The van der Waals surface area contributed by atoms with Crippen molar-refractivity contribution in [1.82, 2.24) is 10.2 Å². The first-order valence-electron chi connectivity index (χ1n) is 6.69. The molecule has 0 aliphatic carbocycles. The molecule has 0 radical (unpaired) electrons. The summed E-state index contributed by atoms with van der Waals surface area (Å²) in [4.78, 5) is 12.6. The predicted molar refractivity (Wildman–Crippen MR) is 90.6 cm³/mol. The summed E-state index contributed by atoms with van der Waals surface area (Å²) in [6, 6.07) is 13.2. The Labute approximate surface area is 144 Å². The van der Waals surface area contributed by atoms with Gasteiger partial charge in [-0.25, -0.2) is 4.79 Å². The van der Waals surface area contributed by atoms with Gasteiger partial charge in [-0.15, -0.1) is 21.5 Å². The zero-order valence-electron chi connectivity index (χ0n) is 11.8. The van der Waals surface area contributed by atoms with Crippen LogP contribution >= 0.6 is 27.3 Å². The minimum Gasteiger partial charge on any atom is -0.452 e. The maximum atomic E-state index is 11.7. The monoisotopic (exact) mass is 390 g/mol. The Morgan fingerprint density at radius 3 is 2.78 bits per heavy atom. The number of carbonyl (C=O) groups is 1. The topological polar surface area (TPSA) is 65.2 Å². The number of thiophene rings is 1. The van der Waals surface area contributed by atoms with Crippen molar-refractivity contribution < 1.29 is 13.9 Å². The van der Waals surface area contributed by atoms with Crippen LogP contribution in [0.5, 0.6) is 0 Å². The first-order valence-corrected chi connectivity index (χ1v) is 8.29. The molecule has 2 heterocycles. The van der Waals surface area contributed by atoms with Crippen LogP contribution in [0, 0.1) is 0 Å². The second-order valence-electron chi connectivity index (χ2n) is 4.45. The zero-order valence-corrected chi connectivity index (χ0v) is 14.2. The highest BCUT2D eigenvalue weighted by atomic mass is 79.9. The molecule has 0 spiro atoms. The Balaban J connectivity index is 1.55. The average molecular weight is 391 g/mol. The Kier molecular flexibility index (Phi) is 4.99. The molecule has 0 unspecified atom stereocenters. The number of rotatable bonds is 5. The van der Waals surface area contributed by atoms with Crippen LogP contribution in [0.3, 0.4) is 0 Å². The summed E-state index contributed by atoms with van der Waals surface area (Å²) in [6.45, 7) is -0.0584. The van der Waals surface area contributed by atoms with Crippen molar-refractivity contribution in [2.75, 3.05) is 0 Å². The van der Waals surface area contributed by atoms with Gasteiger partial charge in [-0.3, -0.25) is 0 Å². The van der Waals surface area contributed by atoms with Gasteiger partial charge >= 0.3 is 5.97 Å². The van der Waals surface area contributed by atoms with Gasteiger partial charge in [-0.2, -0.15) is 0 Å². The Bertz CT molecular complexity index is 827. The van der Waals surface area contributed by atoms with Crippen LogP contribution in [-0.2, 0) is 16.1 Å². The molecule has 3 aromatic rings. The van der Waals surface area contributed by atoms with Gasteiger partial charge in [0.15, 0.2) is 6.61 Å². The van der Waals surface area contributed by atoms with Crippen molar-refractivity contribution in [3.63, 3.8) is 0 Å². The summed E-state index contributed by atoms with van der Waals surface area (Å²) in [5, 5.41) is 7.80. The first-order chi connectivity index (χ1) is 11.2. The third-order valence-corrected chi connectivity index (χ3v) is 4.39. The van der Waals surface area contributed by atoms with Crippen LogP contribution in [0.4, 0.5) is 0 Å². The van der Waals surface area contributed by atoms with Crippen molar-refractivity contribution in [3.8, 4) is 11.5 Å². The normalized spacial score (nSPS) is 11.0. The number of nitrogens with zero attached hydrogens (tertiary/aromatic N) is 2. The smallest absolute Gasteiger partial charge is 0.331 e. The standard InChI is InChI=1S/C16H11BrN2O3S/c17-13-8-6-12(23-13)7-9-15(20)21-10-14-18-19-16(22-14)11-4-2-1-3-5-11/h1-9H,10H2. The van der Waals surface area contributed by atoms with Gasteiger partial charge in [0.2, 0.25) is 5.89 Å². The van der Waals surface area contributed by atoms with E-state index >= 15 is 0 Å². The van der Waals surface area contributed by atoms with E-state index in [9.17, 15) is 4.79 Å². The number of hydrogen-bond acceptors (Lipinski definition) is 6. The maximum absolute atomic E-state index is 11.7. The summed E-state index contributed by atoms with van der Waals surface area (Å²) in [7, 11) is 0. The molecule has 2 aromatic heterocycles. The highest BCUT2D eigenvalue weighted by Gasteiger charge is 2.09. The number of halogens is 1. The molecule has 0 atom stereocenters. The number of ether oxygens (including phenoxy) is 1. The lowest BCUT2D eigenvalue weighted by molar-refractivity contribution is -0.139. The summed E-state index contributed by atoms with van der Waals surface area (Å²) < 4.78 is 11.5. The average Bonchev–Trinajstić information content (AvgIpc) is 3.21. The van der Waals surface area contributed by atoms with E-state index in [1.54, 1.807) is 6.08 Å². The number of aromatic nitrogens is 2. The third kappa shape index (κ3) is 4.37. The fourth-order valence-electron chi connectivity index (χ4n) is 1.76. The van der Waals surface area contributed by atoms with Crippen LogP contribution in [0.25, 0.3) is 17.5 Å². The third-order valence-electron chi connectivity index (χ3n) is 2.80. The SMILES string of the molecule is O=C(C=Cc1ccc(Br)s1)OCc1nnc(-c2ccccc2)o1. The molecule has 23 heavy (non-hydrogen) atoms. The van der Waals surface area contributed by atoms with Gasteiger partial charge in [0, 0.05) is 16.5 Å². The first kappa shape index (κ1) is 15.6. The summed E-state index contributed by atoms with van der Waals surface area (Å²) in [5.74, 6) is 0.189. The van der Waals surface area contributed by atoms with Crippen molar-refractivity contribution in [3.05, 3.63) is 63.1 Å². The van der Waals surface area contributed by atoms with E-state index < -0.39 is 5.97 Å². The van der Waals surface area contributed by atoms with E-state index in [1.807, 2.05) is 42.5 Å². The van der Waals surface area contributed by atoms with Gasteiger partial charge in [0.25, 0.3) is 5.89 Å². The summed E-state index contributed by atoms with van der Waals surface area (Å²) in [5.41, 5.74) is 0.820. The molecule has 7 heteroatoms. The van der Waals surface area contributed by atoms with Gasteiger partial charge in [-0.1, -0.05) is 18.2 Å². The maximum Gasteiger partial charge on any atom is 0.331 e. The minimum absolute atomic E-state index is 0.0584. The second-order valence-corrected chi connectivity index (χ2v) is 6.94. The number of benzene rings is 1. The molecule has 0 saturated carbocycles. The minimum atomic E-state index is -0.464. The van der Waals surface area contributed by atoms with Gasteiger partial charge < -0.3 is 9.15 Å². The van der Waals surface area contributed by atoms with Crippen LogP contribution in [0.1, 0.15) is 10.8 Å². The summed E-state index contributed by atoms with van der Waals surface area (Å²) >= 11 is 4.89. The molecular formula is C16H11BrN2O3S. The van der Waals surface area contributed by atoms with E-state index in [0.29, 0.717) is 5.89 Å². The van der Waals surface area contributed by atoms with E-state index in [4.69, 9.17) is 9.15 Å². The van der Waals surface area contributed by atoms with E-state index in [2.05, 4.69) is 26.1 Å². The Hall–Kier alpha value is -2.25. The molecule has 0 aliphatic rings. The lowest BCUT2D eigenvalue weighted by Gasteiger charge is -1.96.